The Balaban J connectivity index is 1.61. The molecular formula is C20H24N2OS2. The molecule has 0 spiro atoms. The predicted molar refractivity (Wildman–Crippen MR) is 113 cm³/mol. The second-order valence-corrected chi connectivity index (χ2v) is 7.10. The summed E-state index contributed by atoms with van der Waals surface area (Å²) >= 11 is 7.19. The second-order valence-electron chi connectivity index (χ2n) is 5.52. The molecule has 25 heavy (non-hydrogen) atoms. The maximum absolute atomic E-state index is 5.45. The molecule has 132 valence electrons. The highest BCUT2D eigenvalue weighted by atomic mass is 32.2. The van der Waals surface area contributed by atoms with Crippen LogP contribution in [0.5, 0.6) is 5.75 Å². The number of anilines is 1. The number of hydrogen-bond acceptors (Lipinski definition) is 3. The van der Waals surface area contributed by atoms with Crippen molar-refractivity contribution in [3.8, 4) is 5.75 Å². The van der Waals surface area contributed by atoms with E-state index in [0.717, 1.165) is 30.2 Å². The van der Waals surface area contributed by atoms with Gasteiger partial charge in [-0.15, -0.1) is 11.8 Å². The van der Waals surface area contributed by atoms with E-state index >= 15 is 0 Å². The first kappa shape index (κ1) is 19.3. The Hall–Kier alpha value is -1.98. The fourth-order valence-corrected chi connectivity index (χ4v) is 3.14. The van der Waals surface area contributed by atoms with Crippen LogP contribution in [0.4, 0.5) is 5.69 Å². The van der Waals surface area contributed by atoms with Crippen LogP contribution in [0.3, 0.4) is 0 Å². The summed E-state index contributed by atoms with van der Waals surface area (Å²) in [7, 11) is 0. The molecule has 0 saturated carbocycles. The van der Waals surface area contributed by atoms with E-state index in [0.29, 0.717) is 11.7 Å². The summed E-state index contributed by atoms with van der Waals surface area (Å²) in [5.74, 6) is 1.88. The molecular weight excluding hydrogens is 348 g/mol. The number of thioether (sulfide) groups is 1. The summed E-state index contributed by atoms with van der Waals surface area (Å²) in [6.45, 7) is 7.10. The zero-order chi connectivity index (χ0) is 17.9. The van der Waals surface area contributed by atoms with Crippen LogP contribution in [0, 0.1) is 6.92 Å². The van der Waals surface area contributed by atoms with Gasteiger partial charge in [0.2, 0.25) is 0 Å². The van der Waals surface area contributed by atoms with Gasteiger partial charge in [-0.05, 0) is 67.7 Å². The van der Waals surface area contributed by atoms with E-state index in [9.17, 15) is 0 Å². The molecule has 3 nitrogen and oxygen atoms in total. The molecule has 2 N–H and O–H groups in total. The summed E-state index contributed by atoms with van der Waals surface area (Å²) < 4.78 is 5.45. The molecule has 5 heteroatoms. The van der Waals surface area contributed by atoms with E-state index in [1.165, 1.54) is 10.5 Å². The van der Waals surface area contributed by atoms with Crippen molar-refractivity contribution in [2.24, 2.45) is 0 Å². The van der Waals surface area contributed by atoms with E-state index in [2.05, 4.69) is 48.4 Å². The van der Waals surface area contributed by atoms with E-state index in [1.54, 1.807) is 6.08 Å². The summed E-state index contributed by atoms with van der Waals surface area (Å²) in [6.07, 6.45) is 2.77. The lowest BCUT2D eigenvalue weighted by atomic mass is 10.2. The molecule has 0 unspecified atom stereocenters. The Bertz CT molecular complexity index is 669. The van der Waals surface area contributed by atoms with E-state index in [4.69, 9.17) is 17.0 Å². The first-order valence-corrected chi connectivity index (χ1v) is 9.65. The Labute approximate surface area is 159 Å². The van der Waals surface area contributed by atoms with Gasteiger partial charge >= 0.3 is 0 Å². The molecule has 0 aliphatic rings. The molecule has 0 bridgehead atoms. The fraction of sp³-hybridized carbons (Fsp3) is 0.250. The monoisotopic (exact) mass is 372 g/mol. The van der Waals surface area contributed by atoms with Gasteiger partial charge in [-0.2, -0.15) is 0 Å². The molecule has 2 rings (SSSR count). The predicted octanol–water partition coefficient (Wildman–Crippen LogP) is 5.03. The number of benzene rings is 2. The summed E-state index contributed by atoms with van der Waals surface area (Å²) in [5, 5.41) is 7.05. The Morgan fingerprint density at radius 1 is 1.16 bits per heavy atom. The summed E-state index contributed by atoms with van der Waals surface area (Å²) in [4.78, 5) is 1.31. The maximum Gasteiger partial charge on any atom is 0.170 e. The van der Waals surface area contributed by atoms with Crippen molar-refractivity contribution in [3.63, 3.8) is 0 Å². The first-order valence-electron chi connectivity index (χ1n) is 8.25. The molecule has 0 aliphatic heterocycles. The lowest BCUT2D eigenvalue weighted by Crippen LogP contribution is -2.29. The Morgan fingerprint density at radius 3 is 2.56 bits per heavy atom. The summed E-state index contributed by atoms with van der Waals surface area (Å²) in [5.41, 5.74) is 2.24. The number of rotatable bonds is 9. The molecule has 0 heterocycles. The molecule has 2 aromatic carbocycles. The van der Waals surface area contributed by atoms with Crippen LogP contribution in [0.1, 0.15) is 12.0 Å². The molecule has 2 aromatic rings. The average molecular weight is 373 g/mol. The van der Waals surface area contributed by atoms with Crippen molar-refractivity contribution in [3.05, 3.63) is 66.7 Å². The molecule has 0 saturated heterocycles. The van der Waals surface area contributed by atoms with Gasteiger partial charge in [-0.1, -0.05) is 30.4 Å². The van der Waals surface area contributed by atoms with Crippen LogP contribution in [-0.4, -0.2) is 24.0 Å². The zero-order valence-electron chi connectivity index (χ0n) is 14.5. The van der Waals surface area contributed by atoms with Gasteiger partial charge in [0.05, 0.1) is 0 Å². The van der Waals surface area contributed by atoms with Crippen molar-refractivity contribution in [2.75, 3.05) is 24.2 Å². The number of aryl methyl sites for hydroxylation is 1. The van der Waals surface area contributed by atoms with Gasteiger partial charge in [0.15, 0.2) is 5.11 Å². The van der Waals surface area contributed by atoms with Crippen molar-refractivity contribution < 1.29 is 4.74 Å². The molecule has 0 atom stereocenters. The second kappa shape index (κ2) is 10.8. The molecule has 0 amide bonds. The summed E-state index contributed by atoms with van der Waals surface area (Å²) in [6, 6.07) is 16.3. The molecule has 0 fully saturated rings. The Morgan fingerprint density at radius 2 is 1.88 bits per heavy atom. The minimum atomic E-state index is 0.507. The van der Waals surface area contributed by atoms with Crippen molar-refractivity contribution in [1.82, 2.24) is 5.32 Å². The topological polar surface area (TPSA) is 33.3 Å². The normalized spacial score (nSPS) is 10.1. The van der Waals surface area contributed by atoms with Crippen LogP contribution in [0.25, 0.3) is 0 Å². The van der Waals surface area contributed by atoms with Crippen LogP contribution in [-0.2, 0) is 0 Å². The van der Waals surface area contributed by atoms with Crippen molar-refractivity contribution in [1.29, 1.82) is 0 Å². The Kier molecular flexibility index (Phi) is 8.35. The highest BCUT2D eigenvalue weighted by Crippen LogP contribution is 2.19. The fourth-order valence-electron chi connectivity index (χ4n) is 2.06. The van der Waals surface area contributed by atoms with Gasteiger partial charge < -0.3 is 15.4 Å². The minimum Gasteiger partial charge on any atom is -0.490 e. The molecule has 0 aromatic heterocycles. The maximum atomic E-state index is 5.45. The largest absolute Gasteiger partial charge is 0.490 e. The quantitative estimate of drug-likeness (QED) is 0.279. The van der Waals surface area contributed by atoms with Crippen molar-refractivity contribution in [2.45, 2.75) is 18.2 Å². The van der Waals surface area contributed by atoms with Gasteiger partial charge in [0.25, 0.3) is 0 Å². The number of ether oxygens (including phenoxy) is 1. The lowest BCUT2D eigenvalue weighted by Gasteiger charge is -2.11. The third-order valence-corrected chi connectivity index (χ3v) is 4.72. The molecule has 0 aliphatic carbocycles. The van der Waals surface area contributed by atoms with E-state index < -0.39 is 0 Å². The third-order valence-electron chi connectivity index (χ3n) is 3.38. The van der Waals surface area contributed by atoms with Crippen LogP contribution < -0.4 is 15.4 Å². The van der Waals surface area contributed by atoms with E-state index in [1.807, 2.05) is 36.0 Å². The average Bonchev–Trinajstić information content (AvgIpc) is 2.62. The molecule has 0 radical (unpaired) electrons. The van der Waals surface area contributed by atoms with E-state index in [-0.39, 0.29) is 0 Å². The SMILES string of the molecule is C=CCOc1ccc(NC(=S)NCCCSc2ccc(C)cc2)cc1. The number of nitrogens with one attached hydrogen (secondary N) is 2. The lowest BCUT2D eigenvalue weighted by molar-refractivity contribution is 0.363. The zero-order valence-corrected chi connectivity index (χ0v) is 16.1. The van der Waals surface area contributed by atoms with Crippen LogP contribution in [0.15, 0.2) is 66.1 Å². The van der Waals surface area contributed by atoms with Gasteiger partial charge in [0.1, 0.15) is 12.4 Å². The highest BCUT2D eigenvalue weighted by Gasteiger charge is 1.99. The number of thiocarbonyl (C=S) groups is 1. The minimum absolute atomic E-state index is 0.507. The highest BCUT2D eigenvalue weighted by molar-refractivity contribution is 7.99. The van der Waals surface area contributed by atoms with Gasteiger partial charge in [0, 0.05) is 17.1 Å². The van der Waals surface area contributed by atoms with Crippen LogP contribution in [0.2, 0.25) is 0 Å². The smallest absolute Gasteiger partial charge is 0.170 e. The number of hydrogen-bond donors (Lipinski definition) is 2. The first-order chi connectivity index (χ1) is 12.2. The standard InChI is InChI=1S/C20H24N2OS2/c1-3-14-23-18-9-7-17(8-10-18)22-20(24)21-13-4-15-25-19-11-5-16(2)6-12-19/h3,5-12H,1,4,13-15H2,2H3,(H2,21,22,24). The third kappa shape index (κ3) is 7.63. The van der Waals surface area contributed by atoms with Gasteiger partial charge in [-0.25, -0.2) is 0 Å². The van der Waals surface area contributed by atoms with Gasteiger partial charge in [-0.3, -0.25) is 0 Å². The van der Waals surface area contributed by atoms with Crippen molar-refractivity contribution >= 4 is 34.8 Å². The van der Waals surface area contributed by atoms with Crippen LogP contribution >= 0.6 is 24.0 Å².